The van der Waals surface area contributed by atoms with E-state index in [0.29, 0.717) is 0 Å². The maximum atomic E-state index is 9.88. The van der Waals surface area contributed by atoms with Gasteiger partial charge in [-0.1, -0.05) is 48.5 Å². The maximum absolute atomic E-state index is 9.88. The van der Waals surface area contributed by atoms with Gasteiger partial charge in [0, 0.05) is 21.5 Å². The molecule has 4 nitrogen and oxygen atoms in total. The van der Waals surface area contributed by atoms with Crippen LogP contribution in [-0.2, 0) is 0 Å². The summed E-state index contributed by atoms with van der Waals surface area (Å²) in [5.74, 6) is 1.48. The number of benzene rings is 3. The SMILES string of the molecule is CC(O)C(C)Oc1c2ccccc2c(OC(C)C(C)O)c2ccccc12. The standard InChI is InChI=1S/C22H26O4/c1-13(23)15(3)25-21-17-9-5-7-11-19(17)22(26-16(4)14(2)24)20-12-8-6-10-18(20)21/h5-16,23-24H,1-4H3. The predicted octanol–water partition coefficient (Wildman–Crippen LogP) is 4.29. The summed E-state index contributed by atoms with van der Waals surface area (Å²) in [5.41, 5.74) is 0. The number of aliphatic hydroxyl groups excluding tert-OH is 2. The zero-order valence-corrected chi connectivity index (χ0v) is 15.6. The number of hydrogen-bond acceptors (Lipinski definition) is 4. The van der Waals surface area contributed by atoms with Gasteiger partial charge in [-0.15, -0.1) is 0 Å². The molecule has 4 heteroatoms. The van der Waals surface area contributed by atoms with Gasteiger partial charge in [0.15, 0.2) is 0 Å². The molecule has 4 unspecified atom stereocenters. The number of ether oxygens (including phenoxy) is 2. The molecule has 3 rings (SSSR count). The van der Waals surface area contributed by atoms with Crippen molar-refractivity contribution in [2.75, 3.05) is 0 Å². The molecule has 0 heterocycles. The first-order valence-electron chi connectivity index (χ1n) is 9.03. The van der Waals surface area contributed by atoms with Crippen LogP contribution in [0.4, 0.5) is 0 Å². The lowest BCUT2D eigenvalue weighted by Gasteiger charge is -2.24. The Morgan fingerprint density at radius 3 is 1.08 bits per heavy atom. The van der Waals surface area contributed by atoms with Gasteiger partial charge in [-0.2, -0.15) is 0 Å². The molecule has 26 heavy (non-hydrogen) atoms. The fourth-order valence-corrected chi connectivity index (χ4v) is 2.87. The average molecular weight is 354 g/mol. The number of hydrogen-bond donors (Lipinski definition) is 2. The fourth-order valence-electron chi connectivity index (χ4n) is 2.87. The Morgan fingerprint density at radius 1 is 0.577 bits per heavy atom. The summed E-state index contributed by atoms with van der Waals surface area (Å²) < 4.78 is 12.3. The lowest BCUT2D eigenvalue weighted by atomic mass is 10.00. The van der Waals surface area contributed by atoms with Gasteiger partial charge in [-0.05, 0) is 27.7 Å². The topological polar surface area (TPSA) is 58.9 Å². The highest BCUT2D eigenvalue weighted by molar-refractivity contribution is 6.11. The van der Waals surface area contributed by atoms with E-state index in [1.54, 1.807) is 13.8 Å². The Bertz CT molecular complexity index is 770. The van der Waals surface area contributed by atoms with Crippen molar-refractivity contribution in [2.24, 2.45) is 0 Å². The molecule has 3 aromatic rings. The van der Waals surface area contributed by atoms with Crippen LogP contribution in [0.5, 0.6) is 11.5 Å². The van der Waals surface area contributed by atoms with Gasteiger partial charge in [-0.3, -0.25) is 0 Å². The van der Waals surface area contributed by atoms with Crippen LogP contribution in [0.2, 0.25) is 0 Å². The molecule has 0 bridgehead atoms. The van der Waals surface area contributed by atoms with Gasteiger partial charge in [0.25, 0.3) is 0 Å². The molecule has 0 saturated heterocycles. The van der Waals surface area contributed by atoms with Crippen molar-refractivity contribution in [3.05, 3.63) is 48.5 Å². The highest BCUT2D eigenvalue weighted by atomic mass is 16.5. The third kappa shape index (κ3) is 3.48. The van der Waals surface area contributed by atoms with Crippen LogP contribution in [0.15, 0.2) is 48.5 Å². The highest BCUT2D eigenvalue weighted by Crippen LogP contribution is 2.43. The van der Waals surface area contributed by atoms with Crippen LogP contribution in [0, 0.1) is 0 Å². The van der Waals surface area contributed by atoms with Crippen molar-refractivity contribution in [2.45, 2.75) is 52.1 Å². The molecule has 2 N–H and O–H groups in total. The third-order valence-corrected chi connectivity index (χ3v) is 4.80. The minimum atomic E-state index is -0.585. The van der Waals surface area contributed by atoms with E-state index in [0.717, 1.165) is 33.0 Å². The van der Waals surface area contributed by atoms with Crippen LogP contribution in [0.1, 0.15) is 27.7 Å². The second-order valence-corrected chi connectivity index (χ2v) is 6.88. The second-order valence-electron chi connectivity index (χ2n) is 6.88. The zero-order chi connectivity index (χ0) is 18.8. The fraction of sp³-hybridized carbons (Fsp3) is 0.364. The van der Waals surface area contributed by atoms with E-state index in [4.69, 9.17) is 9.47 Å². The smallest absolute Gasteiger partial charge is 0.135 e. The molecular formula is C22H26O4. The average Bonchev–Trinajstić information content (AvgIpc) is 2.63. The van der Waals surface area contributed by atoms with E-state index in [9.17, 15) is 10.2 Å². The second kappa shape index (κ2) is 7.52. The summed E-state index contributed by atoms with van der Waals surface area (Å²) in [6.45, 7) is 7.15. The summed E-state index contributed by atoms with van der Waals surface area (Å²) in [6, 6.07) is 15.8. The van der Waals surface area contributed by atoms with E-state index in [2.05, 4.69) is 0 Å². The summed E-state index contributed by atoms with van der Waals surface area (Å²) in [7, 11) is 0. The van der Waals surface area contributed by atoms with Crippen molar-refractivity contribution < 1.29 is 19.7 Å². The molecule has 0 spiro atoms. The monoisotopic (exact) mass is 354 g/mol. The quantitative estimate of drug-likeness (QED) is 0.649. The van der Waals surface area contributed by atoms with E-state index in [1.165, 1.54) is 0 Å². The van der Waals surface area contributed by atoms with Gasteiger partial charge in [0.1, 0.15) is 23.7 Å². The Kier molecular flexibility index (Phi) is 5.35. The molecular weight excluding hydrogens is 328 g/mol. The molecule has 0 radical (unpaired) electrons. The molecule has 0 aromatic heterocycles. The van der Waals surface area contributed by atoms with Crippen molar-refractivity contribution in [1.82, 2.24) is 0 Å². The van der Waals surface area contributed by atoms with Crippen LogP contribution < -0.4 is 9.47 Å². The summed E-state index contributed by atoms with van der Waals surface area (Å²) in [4.78, 5) is 0. The maximum Gasteiger partial charge on any atom is 0.135 e. The summed E-state index contributed by atoms with van der Waals surface area (Å²) in [5, 5.41) is 23.5. The molecule has 4 atom stereocenters. The van der Waals surface area contributed by atoms with Crippen LogP contribution in [-0.4, -0.2) is 34.6 Å². The number of aliphatic hydroxyl groups is 2. The van der Waals surface area contributed by atoms with E-state index < -0.39 is 12.2 Å². The van der Waals surface area contributed by atoms with Gasteiger partial charge < -0.3 is 19.7 Å². The van der Waals surface area contributed by atoms with Gasteiger partial charge in [0.05, 0.1) is 12.2 Å². The van der Waals surface area contributed by atoms with Crippen molar-refractivity contribution >= 4 is 21.5 Å². The van der Waals surface area contributed by atoms with E-state index in [1.807, 2.05) is 62.4 Å². The molecule has 0 fully saturated rings. The lowest BCUT2D eigenvalue weighted by molar-refractivity contribution is 0.0610. The van der Waals surface area contributed by atoms with Crippen molar-refractivity contribution in [1.29, 1.82) is 0 Å². The molecule has 3 aromatic carbocycles. The normalized spacial score (nSPS) is 16.2. The van der Waals surface area contributed by atoms with E-state index >= 15 is 0 Å². The van der Waals surface area contributed by atoms with Gasteiger partial charge in [0.2, 0.25) is 0 Å². The Balaban J connectivity index is 2.28. The van der Waals surface area contributed by atoms with Gasteiger partial charge >= 0.3 is 0 Å². The Labute approximate surface area is 154 Å². The minimum Gasteiger partial charge on any atom is -0.487 e. The lowest BCUT2D eigenvalue weighted by Crippen LogP contribution is -2.26. The number of fused-ring (bicyclic) bond motifs is 2. The molecule has 0 saturated carbocycles. The molecule has 0 aliphatic carbocycles. The molecule has 138 valence electrons. The Morgan fingerprint density at radius 2 is 0.846 bits per heavy atom. The van der Waals surface area contributed by atoms with Crippen LogP contribution >= 0.6 is 0 Å². The molecule has 0 aliphatic rings. The first kappa shape index (κ1) is 18.5. The molecule has 0 amide bonds. The van der Waals surface area contributed by atoms with Crippen molar-refractivity contribution in [3.63, 3.8) is 0 Å². The summed E-state index contributed by atoms with van der Waals surface area (Å²) >= 11 is 0. The molecule has 0 aliphatic heterocycles. The zero-order valence-electron chi connectivity index (χ0n) is 15.6. The first-order chi connectivity index (χ1) is 12.4. The highest BCUT2D eigenvalue weighted by Gasteiger charge is 2.21. The summed E-state index contributed by atoms with van der Waals surface area (Å²) in [6.07, 6.45) is -1.85. The van der Waals surface area contributed by atoms with Crippen LogP contribution in [0.25, 0.3) is 21.5 Å². The predicted molar refractivity (Wildman–Crippen MR) is 105 cm³/mol. The minimum absolute atomic E-state index is 0.343. The van der Waals surface area contributed by atoms with E-state index in [-0.39, 0.29) is 12.2 Å². The first-order valence-corrected chi connectivity index (χ1v) is 9.03. The Hall–Kier alpha value is -2.30. The van der Waals surface area contributed by atoms with Crippen LogP contribution in [0.3, 0.4) is 0 Å². The van der Waals surface area contributed by atoms with Gasteiger partial charge in [-0.25, -0.2) is 0 Å². The number of rotatable bonds is 6. The third-order valence-electron chi connectivity index (χ3n) is 4.80. The largest absolute Gasteiger partial charge is 0.487 e. The van der Waals surface area contributed by atoms with Crippen molar-refractivity contribution in [3.8, 4) is 11.5 Å².